The number of rotatable bonds is 12. The first-order chi connectivity index (χ1) is 11.1. The van der Waals surface area contributed by atoms with Crippen LogP contribution in [-0.2, 0) is 11.2 Å². The minimum absolute atomic E-state index is 0.206. The molecule has 130 valence electrons. The summed E-state index contributed by atoms with van der Waals surface area (Å²) in [6.45, 7) is 7.43. The molecule has 2 nitrogen and oxygen atoms in total. The summed E-state index contributed by atoms with van der Waals surface area (Å²) in [6.07, 6.45) is 10.5. The number of benzene rings is 1. The van der Waals surface area contributed by atoms with Gasteiger partial charge in [0.15, 0.2) is 0 Å². The van der Waals surface area contributed by atoms with E-state index in [0.29, 0.717) is 6.42 Å². The molecule has 0 fully saturated rings. The van der Waals surface area contributed by atoms with E-state index < -0.39 is 0 Å². The van der Waals surface area contributed by atoms with Crippen LogP contribution in [0.2, 0.25) is 0 Å². The molecule has 1 aromatic carbocycles. The van der Waals surface area contributed by atoms with Gasteiger partial charge in [0, 0.05) is 13.0 Å². The molecule has 0 heterocycles. The lowest BCUT2D eigenvalue weighted by Gasteiger charge is -2.06. The van der Waals surface area contributed by atoms with Crippen LogP contribution in [-0.4, -0.2) is 12.5 Å². The number of carbonyl (C=O) groups excluding carboxylic acids is 1. The standard InChI is InChI=1S/C21H35NO/c1-18(2)11-8-6-4-5-7-9-14-21(23)22-16-15-20-13-10-12-19(3)17-20/h10,12-13,17-18H,4-9,11,14-16H2,1-3H3,(H,22,23). The maximum Gasteiger partial charge on any atom is 0.220 e. The molecular weight excluding hydrogens is 282 g/mol. The minimum Gasteiger partial charge on any atom is -0.356 e. The zero-order chi connectivity index (χ0) is 16.9. The van der Waals surface area contributed by atoms with Gasteiger partial charge in [-0.05, 0) is 31.2 Å². The molecule has 1 aromatic rings. The highest BCUT2D eigenvalue weighted by atomic mass is 16.1. The maximum atomic E-state index is 11.8. The Bertz CT molecular complexity index is 439. The number of hydrogen-bond donors (Lipinski definition) is 1. The van der Waals surface area contributed by atoms with Crippen molar-refractivity contribution in [2.75, 3.05) is 6.54 Å². The summed E-state index contributed by atoms with van der Waals surface area (Å²) in [5, 5.41) is 3.04. The van der Waals surface area contributed by atoms with E-state index >= 15 is 0 Å². The number of aryl methyl sites for hydroxylation is 1. The van der Waals surface area contributed by atoms with Crippen molar-refractivity contribution < 1.29 is 4.79 Å². The SMILES string of the molecule is Cc1cccc(CCNC(=O)CCCCCCCCC(C)C)c1. The number of amides is 1. The molecular formula is C21H35NO. The monoisotopic (exact) mass is 317 g/mol. The summed E-state index contributed by atoms with van der Waals surface area (Å²) < 4.78 is 0. The fourth-order valence-electron chi connectivity index (χ4n) is 2.85. The van der Waals surface area contributed by atoms with E-state index in [4.69, 9.17) is 0 Å². The summed E-state index contributed by atoms with van der Waals surface area (Å²) in [4.78, 5) is 11.8. The molecule has 0 aliphatic heterocycles. The van der Waals surface area contributed by atoms with Gasteiger partial charge in [-0.15, -0.1) is 0 Å². The largest absolute Gasteiger partial charge is 0.356 e. The molecule has 1 rings (SSSR count). The summed E-state index contributed by atoms with van der Waals surface area (Å²) in [6, 6.07) is 8.49. The Kier molecular flexibility index (Phi) is 10.4. The van der Waals surface area contributed by atoms with Crippen molar-refractivity contribution in [2.45, 2.75) is 78.6 Å². The third kappa shape index (κ3) is 11.0. The van der Waals surface area contributed by atoms with Crippen molar-refractivity contribution in [3.8, 4) is 0 Å². The Hall–Kier alpha value is -1.31. The molecule has 2 heteroatoms. The molecule has 23 heavy (non-hydrogen) atoms. The van der Waals surface area contributed by atoms with Crippen LogP contribution in [0.25, 0.3) is 0 Å². The molecule has 0 aliphatic rings. The number of hydrogen-bond acceptors (Lipinski definition) is 1. The summed E-state index contributed by atoms with van der Waals surface area (Å²) >= 11 is 0. The lowest BCUT2D eigenvalue weighted by Crippen LogP contribution is -2.25. The molecule has 0 atom stereocenters. The summed E-state index contributed by atoms with van der Waals surface area (Å²) in [5.41, 5.74) is 2.58. The van der Waals surface area contributed by atoms with Gasteiger partial charge in [0.2, 0.25) is 5.91 Å². The van der Waals surface area contributed by atoms with Gasteiger partial charge in [-0.2, -0.15) is 0 Å². The molecule has 0 unspecified atom stereocenters. The fraction of sp³-hybridized carbons (Fsp3) is 0.667. The van der Waals surface area contributed by atoms with Crippen LogP contribution in [0, 0.1) is 12.8 Å². The summed E-state index contributed by atoms with van der Waals surface area (Å²) in [5.74, 6) is 1.04. The lowest BCUT2D eigenvalue weighted by atomic mass is 10.0. The van der Waals surface area contributed by atoms with E-state index in [2.05, 4.69) is 50.4 Å². The smallest absolute Gasteiger partial charge is 0.220 e. The van der Waals surface area contributed by atoms with Gasteiger partial charge in [0.05, 0.1) is 0 Å². The van der Waals surface area contributed by atoms with Crippen LogP contribution in [0.1, 0.15) is 76.3 Å². The Balaban J connectivity index is 1.94. The molecule has 1 N–H and O–H groups in total. The van der Waals surface area contributed by atoms with E-state index in [1.807, 2.05) is 0 Å². The quantitative estimate of drug-likeness (QED) is 0.512. The molecule has 0 radical (unpaired) electrons. The van der Waals surface area contributed by atoms with Gasteiger partial charge in [-0.1, -0.05) is 82.2 Å². The molecule has 0 aromatic heterocycles. The normalized spacial score (nSPS) is 11.0. The number of carbonyl (C=O) groups is 1. The predicted octanol–water partition coefficient (Wildman–Crippen LogP) is 5.43. The van der Waals surface area contributed by atoms with Gasteiger partial charge < -0.3 is 5.32 Å². The van der Waals surface area contributed by atoms with Crippen LogP contribution in [0.5, 0.6) is 0 Å². The van der Waals surface area contributed by atoms with Crippen molar-refractivity contribution in [1.29, 1.82) is 0 Å². The first kappa shape index (κ1) is 19.7. The molecule has 0 saturated heterocycles. The Morgan fingerprint density at radius 2 is 1.74 bits per heavy atom. The summed E-state index contributed by atoms with van der Waals surface area (Å²) in [7, 11) is 0. The molecule has 0 saturated carbocycles. The second-order valence-electron chi connectivity index (χ2n) is 7.14. The molecule has 0 aliphatic carbocycles. The van der Waals surface area contributed by atoms with Gasteiger partial charge in [-0.3, -0.25) is 4.79 Å². The Morgan fingerprint density at radius 1 is 1.04 bits per heavy atom. The Labute approximate surface area is 143 Å². The van der Waals surface area contributed by atoms with Crippen molar-refractivity contribution >= 4 is 5.91 Å². The highest BCUT2D eigenvalue weighted by Gasteiger charge is 2.01. The third-order valence-corrected chi connectivity index (χ3v) is 4.25. The highest BCUT2D eigenvalue weighted by molar-refractivity contribution is 5.75. The topological polar surface area (TPSA) is 29.1 Å². The van der Waals surface area contributed by atoms with Crippen LogP contribution >= 0.6 is 0 Å². The van der Waals surface area contributed by atoms with E-state index in [1.54, 1.807) is 0 Å². The van der Waals surface area contributed by atoms with Crippen LogP contribution < -0.4 is 5.32 Å². The zero-order valence-electron chi connectivity index (χ0n) is 15.4. The minimum atomic E-state index is 0.206. The fourth-order valence-corrected chi connectivity index (χ4v) is 2.85. The van der Waals surface area contributed by atoms with Crippen LogP contribution in [0.3, 0.4) is 0 Å². The third-order valence-electron chi connectivity index (χ3n) is 4.25. The number of unbranched alkanes of at least 4 members (excludes halogenated alkanes) is 5. The van der Waals surface area contributed by atoms with Crippen molar-refractivity contribution in [3.05, 3.63) is 35.4 Å². The van der Waals surface area contributed by atoms with Gasteiger partial charge in [0.1, 0.15) is 0 Å². The van der Waals surface area contributed by atoms with Crippen LogP contribution in [0.15, 0.2) is 24.3 Å². The second kappa shape index (κ2) is 12.2. The second-order valence-corrected chi connectivity index (χ2v) is 7.14. The van der Waals surface area contributed by atoms with Crippen molar-refractivity contribution in [1.82, 2.24) is 5.32 Å². The Morgan fingerprint density at radius 3 is 2.43 bits per heavy atom. The van der Waals surface area contributed by atoms with E-state index in [9.17, 15) is 4.79 Å². The number of nitrogens with one attached hydrogen (secondary N) is 1. The highest BCUT2D eigenvalue weighted by Crippen LogP contribution is 2.12. The zero-order valence-corrected chi connectivity index (χ0v) is 15.4. The van der Waals surface area contributed by atoms with Gasteiger partial charge in [-0.25, -0.2) is 0 Å². The average molecular weight is 318 g/mol. The predicted molar refractivity (Wildman–Crippen MR) is 99.7 cm³/mol. The van der Waals surface area contributed by atoms with Gasteiger partial charge in [0.25, 0.3) is 0 Å². The van der Waals surface area contributed by atoms with E-state index in [1.165, 1.54) is 49.7 Å². The maximum absolute atomic E-state index is 11.8. The van der Waals surface area contributed by atoms with Crippen molar-refractivity contribution in [3.63, 3.8) is 0 Å². The molecule has 0 bridgehead atoms. The van der Waals surface area contributed by atoms with Crippen LogP contribution in [0.4, 0.5) is 0 Å². The molecule has 1 amide bonds. The average Bonchev–Trinajstić information content (AvgIpc) is 2.49. The molecule has 0 spiro atoms. The van der Waals surface area contributed by atoms with Crippen molar-refractivity contribution in [2.24, 2.45) is 5.92 Å². The lowest BCUT2D eigenvalue weighted by molar-refractivity contribution is -0.121. The van der Waals surface area contributed by atoms with E-state index in [-0.39, 0.29) is 5.91 Å². The first-order valence-corrected chi connectivity index (χ1v) is 9.40. The van der Waals surface area contributed by atoms with Gasteiger partial charge >= 0.3 is 0 Å². The first-order valence-electron chi connectivity index (χ1n) is 9.40. The van der Waals surface area contributed by atoms with E-state index in [0.717, 1.165) is 25.3 Å².